The molecule has 0 spiro atoms. The molecule has 16 heavy (non-hydrogen) atoms. The van der Waals surface area contributed by atoms with Crippen molar-refractivity contribution in [3.63, 3.8) is 0 Å². The van der Waals surface area contributed by atoms with Crippen molar-refractivity contribution < 1.29 is 13.5 Å². The number of hydrogen-bond donors (Lipinski definition) is 1. The fourth-order valence-corrected chi connectivity index (χ4v) is 2.90. The van der Waals surface area contributed by atoms with Crippen molar-refractivity contribution in [2.75, 3.05) is 19.7 Å². The number of aliphatic hydroxyl groups excluding tert-OH is 1. The highest BCUT2D eigenvalue weighted by molar-refractivity contribution is 7.89. The van der Waals surface area contributed by atoms with Crippen molar-refractivity contribution in [2.24, 2.45) is 7.05 Å². The lowest BCUT2D eigenvalue weighted by atomic mass is 10.5. The minimum absolute atomic E-state index is 0.116. The molecule has 0 aliphatic carbocycles. The third-order valence-corrected chi connectivity index (χ3v) is 3.99. The molecule has 0 atom stereocenters. The van der Waals surface area contributed by atoms with Crippen LogP contribution in [0.4, 0.5) is 0 Å². The molecular weight excluding hydrogens is 230 g/mol. The Kier molecular flexibility index (Phi) is 4.45. The summed E-state index contributed by atoms with van der Waals surface area (Å²) in [6, 6.07) is 0. The Hall–Kier alpha value is -0.920. The summed E-state index contributed by atoms with van der Waals surface area (Å²) in [7, 11) is -1.85. The molecule has 0 fully saturated rings. The molecule has 0 saturated heterocycles. The molecule has 92 valence electrons. The van der Waals surface area contributed by atoms with Gasteiger partial charge in [-0.3, -0.25) is 4.68 Å². The van der Waals surface area contributed by atoms with E-state index in [1.165, 1.54) is 21.4 Å². The molecule has 0 aliphatic rings. The molecule has 7 heteroatoms. The predicted molar refractivity (Wildman–Crippen MR) is 59.3 cm³/mol. The van der Waals surface area contributed by atoms with E-state index in [0.717, 1.165) is 0 Å². The van der Waals surface area contributed by atoms with Crippen molar-refractivity contribution in [3.8, 4) is 0 Å². The van der Waals surface area contributed by atoms with Crippen molar-refractivity contribution in [1.82, 2.24) is 14.1 Å². The Labute approximate surface area is 95.5 Å². The summed E-state index contributed by atoms with van der Waals surface area (Å²) in [6.45, 7) is 2.23. The second kappa shape index (κ2) is 5.42. The molecule has 1 heterocycles. The van der Waals surface area contributed by atoms with Crippen molar-refractivity contribution in [3.05, 3.63) is 12.4 Å². The first-order valence-corrected chi connectivity index (χ1v) is 6.56. The number of aryl methyl sites for hydroxylation is 1. The van der Waals surface area contributed by atoms with Gasteiger partial charge in [-0.25, -0.2) is 8.42 Å². The molecule has 0 aliphatic heterocycles. The first-order valence-electron chi connectivity index (χ1n) is 5.12. The maximum absolute atomic E-state index is 12.1. The topological polar surface area (TPSA) is 75.4 Å². The van der Waals surface area contributed by atoms with Crippen LogP contribution in [-0.2, 0) is 17.1 Å². The Balaban J connectivity index is 2.97. The summed E-state index contributed by atoms with van der Waals surface area (Å²) in [6.07, 6.45) is 3.48. The number of aromatic nitrogens is 2. The summed E-state index contributed by atoms with van der Waals surface area (Å²) in [5.74, 6) is 0. The Morgan fingerprint density at radius 1 is 1.50 bits per heavy atom. The van der Waals surface area contributed by atoms with Gasteiger partial charge < -0.3 is 5.11 Å². The molecular formula is C9H17N3O3S. The van der Waals surface area contributed by atoms with Crippen molar-refractivity contribution in [2.45, 2.75) is 18.2 Å². The largest absolute Gasteiger partial charge is 0.395 e. The number of sulfonamides is 1. The SMILES string of the molecule is CCCN(CCO)S(=O)(=O)c1cnn(C)c1. The van der Waals surface area contributed by atoms with Crippen molar-refractivity contribution >= 4 is 10.0 Å². The molecule has 1 aromatic heterocycles. The molecule has 1 aromatic rings. The van der Waals surface area contributed by atoms with Crippen LogP contribution in [0.5, 0.6) is 0 Å². The van der Waals surface area contributed by atoms with E-state index >= 15 is 0 Å². The van der Waals surface area contributed by atoms with Crippen LogP contribution in [0.25, 0.3) is 0 Å². The van der Waals surface area contributed by atoms with Crippen LogP contribution in [0.1, 0.15) is 13.3 Å². The zero-order valence-electron chi connectivity index (χ0n) is 9.50. The minimum atomic E-state index is -3.51. The van der Waals surface area contributed by atoms with Gasteiger partial charge in [0.15, 0.2) is 0 Å². The van der Waals surface area contributed by atoms with Gasteiger partial charge in [-0.15, -0.1) is 0 Å². The van der Waals surface area contributed by atoms with Gasteiger partial charge in [0, 0.05) is 26.3 Å². The highest BCUT2D eigenvalue weighted by atomic mass is 32.2. The van der Waals surface area contributed by atoms with E-state index in [0.29, 0.717) is 13.0 Å². The van der Waals surface area contributed by atoms with E-state index < -0.39 is 10.0 Å². The molecule has 1 rings (SSSR count). The molecule has 0 aromatic carbocycles. The quantitative estimate of drug-likeness (QED) is 0.756. The highest BCUT2D eigenvalue weighted by Gasteiger charge is 2.24. The second-order valence-corrected chi connectivity index (χ2v) is 5.42. The summed E-state index contributed by atoms with van der Waals surface area (Å²) in [5.41, 5.74) is 0. The number of aliphatic hydroxyl groups is 1. The van der Waals surface area contributed by atoms with Gasteiger partial charge in [-0.1, -0.05) is 6.92 Å². The van der Waals surface area contributed by atoms with E-state index in [9.17, 15) is 8.42 Å². The molecule has 0 amide bonds. The van der Waals surface area contributed by atoms with Crippen LogP contribution in [0.2, 0.25) is 0 Å². The molecule has 0 radical (unpaired) electrons. The van der Waals surface area contributed by atoms with Crippen LogP contribution in [-0.4, -0.2) is 47.3 Å². The van der Waals surface area contributed by atoms with Crippen LogP contribution < -0.4 is 0 Å². The summed E-state index contributed by atoms with van der Waals surface area (Å²) in [5, 5.41) is 12.7. The monoisotopic (exact) mass is 247 g/mol. The van der Waals surface area contributed by atoms with Crippen LogP contribution in [0, 0.1) is 0 Å². The van der Waals surface area contributed by atoms with Gasteiger partial charge in [-0.2, -0.15) is 9.40 Å². The molecule has 0 bridgehead atoms. The first kappa shape index (κ1) is 13.1. The summed E-state index contributed by atoms with van der Waals surface area (Å²) < 4.78 is 26.9. The van der Waals surface area contributed by atoms with E-state index in [1.807, 2.05) is 6.92 Å². The fraction of sp³-hybridized carbons (Fsp3) is 0.667. The Bertz CT molecular complexity index is 421. The van der Waals surface area contributed by atoms with E-state index in [-0.39, 0.29) is 18.0 Å². The lowest BCUT2D eigenvalue weighted by molar-refractivity contribution is 0.253. The minimum Gasteiger partial charge on any atom is -0.395 e. The zero-order chi connectivity index (χ0) is 12.2. The average Bonchev–Trinajstić information content (AvgIpc) is 2.65. The van der Waals surface area contributed by atoms with Crippen LogP contribution >= 0.6 is 0 Å². The van der Waals surface area contributed by atoms with Gasteiger partial charge in [0.05, 0.1) is 12.8 Å². The normalized spacial score (nSPS) is 12.2. The third kappa shape index (κ3) is 2.81. The average molecular weight is 247 g/mol. The Morgan fingerprint density at radius 2 is 2.19 bits per heavy atom. The van der Waals surface area contributed by atoms with Crippen molar-refractivity contribution in [1.29, 1.82) is 0 Å². The number of rotatable bonds is 6. The number of hydrogen-bond acceptors (Lipinski definition) is 4. The number of nitrogens with zero attached hydrogens (tertiary/aromatic N) is 3. The van der Waals surface area contributed by atoms with Gasteiger partial charge in [0.25, 0.3) is 0 Å². The second-order valence-electron chi connectivity index (χ2n) is 3.48. The van der Waals surface area contributed by atoms with Gasteiger partial charge in [-0.05, 0) is 6.42 Å². The standard InChI is InChI=1S/C9H17N3O3S/c1-3-4-12(5-6-13)16(14,15)9-7-10-11(2)8-9/h7-8,13H,3-6H2,1-2H3. The first-order chi connectivity index (χ1) is 7.52. The zero-order valence-corrected chi connectivity index (χ0v) is 10.3. The molecule has 0 saturated carbocycles. The summed E-state index contributed by atoms with van der Waals surface area (Å²) in [4.78, 5) is 0.164. The third-order valence-electron chi connectivity index (χ3n) is 2.14. The maximum Gasteiger partial charge on any atom is 0.246 e. The van der Waals surface area contributed by atoms with E-state index in [1.54, 1.807) is 7.05 Å². The summed E-state index contributed by atoms with van der Waals surface area (Å²) >= 11 is 0. The van der Waals surface area contributed by atoms with Crippen LogP contribution in [0.15, 0.2) is 17.3 Å². The lowest BCUT2D eigenvalue weighted by Crippen LogP contribution is -2.34. The smallest absolute Gasteiger partial charge is 0.246 e. The molecule has 0 unspecified atom stereocenters. The predicted octanol–water partition coefficient (Wildman–Crippen LogP) is -0.187. The van der Waals surface area contributed by atoms with Gasteiger partial charge in [0.1, 0.15) is 4.90 Å². The maximum atomic E-state index is 12.1. The van der Waals surface area contributed by atoms with Gasteiger partial charge >= 0.3 is 0 Å². The van der Waals surface area contributed by atoms with Crippen LogP contribution in [0.3, 0.4) is 0 Å². The lowest BCUT2D eigenvalue weighted by Gasteiger charge is -2.19. The van der Waals surface area contributed by atoms with E-state index in [4.69, 9.17) is 5.11 Å². The Morgan fingerprint density at radius 3 is 2.62 bits per heavy atom. The highest BCUT2D eigenvalue weighted by Crippen LogP contribution is 2.14. The molecule has 6 nitrogen and oxygen atoms in total. The van der Waals surface area contributed by atoms with Gasteiger partial charge in [0.2, 0.25) is 10.0 Å². The van der Waals surface area contributed by atoms with E-state index in [2.05, 4.69) is 5.10 Å². The fourth-order valence-electron chi connectivity index (χ4n) is 1.39. The molecule has 1 N–H and O–H groups in total.